The fourth-order valence-corrected chi connectivity index (χ4v) is 4.40. The Labute approximate surface area is 159 Å². The Morgan fingerprint density at radius 1 is 1.26 bits per heavy atom. The number of carbonyl (C=O) groups excluding carboxylic acids is 1. The second-order valence-electron chi connectivity index (χ2n) is 6.76. The molecule has 0 aliphatic carbocycles. The maximum atomic E-state index is 13.3. The maximum absolute atomic E-state index is 13.3. The van der Waals surface area contributed by atoms with Crippen LogP contribution in [0.25, 0.3) is 16.4 Å². The first-order valence-corrected chi connectivity index (χ1v) is 9.76. The molecule has 4 heterocycles. The van der Waals surface area contributed by atoms with Crippen molar-refractivity contribution >= 4 is 17.2 Å². The highest BCUT2D eigenvalue weighted by Gasteiger charge is 2.39. The summed E-state index contributed by atoms with van der Waals surface area (Å²) in [5.74, 6) is 0.241. The molecule has 27 heavy (non-hydrogen) atoms. The molecule has 6 nitrogen and oxygen atoms in total. The van der Waals surface area contributed by atoms with E-state index in [1.807, 2.05) is 22.4 Å². The number of carbonyl (C=O) groups is 1. The summed E-state index contributed by atoms with van der Waals surface area (Å²) in [6.45, 7) is 1.24. The number of nitrogens with zero attached hydrogens (tertiary/aromatic N) is 4. The monoisotopic (exact) mass is 384 g/mol. The van der Waals surface area contributed by atoms with E-state index >= 15 is 0 Å². The maximum Gasteiger partial charge on any atom is 0.293 e. The standard InChI is InChI=1S/C19H17FN4O2S/c20-12-3-5-13(6-4-12)24-18(16-2-1-9-27-16)21-17(22-24)19(25)23-8-7-15-10-14(23)11-26-15/h1-6,9,14-15H,7-8,10-11H2. The lowest BCUT2D eigenvalue weighted by atomic mass is 10.0. The first kappa shape index (κ1) is 16.6. The van der Waals surface area contributed by atoms with Crippen molar-refractivity contribution in [1.82, 2.24) is 19.7 Å². The number of rotatable bonds is 3. The Hall–Kier alpha value is -2.58. The largest absolute Gasteiger partial charge is 0.376 e. The van der Waals surface area contributed by atoms with Crippen molar-refractivity contribution in [2.75, 3.05) is 13.2 Å². The summed E-state index contributed by atoms with van der Waals surface area (Å²) in [6, 6.07) is 9.95. The highest BCUT2D eigenvalue weighted by molar-refractivity contribution is 7.13. The zero-order valence-corrected chi connectivity index (χ0v) is 15.2. The van der Waals surface area contributed by atoms with Crippen LogP contribution in [0.15, 0.2) is 41.8 Å². The van der Waals surface area contributed by atoms with Gasteiger partial charge in [-0.25, -0.2) is 14.1 Å². The van der Waals surface area contributed by atoms with Gasteiger partial charge >= 0.3 is 0 Å². The van der Waals surface area contributed by atoms with Gasteiger partial charge in [-0.2, -0.15) is 0 Å². The number of benzene rings is 1. The van der Waals surface area contributed by atoms with E-state index in [-0.39, 0.29) is 29.7 Å². The molecule has 3 aromatic rings. The van der Waals surface area contributed by atoms with Crippen LogP contribution in [-0.2, 0) is 4.74 Å². The molecule has 1 amide bonds. The van der Waals surface area contributed by atoms with E-state index in [0.29, 0.717) is 24.7 Å². The average molecular weight is 384 g/mol. The number of ether oxygens (including phenoxy) is 1. The van der Waals surface area contributed by atoms with Crippen LogP contribution in [0.1, 0.15) is 23.5 Å². The average Bonchev–Trinajstić information content (AvgIpc) is 3.41. The Bertz CT molecular complexity index is 970. The Morgan fingerprint density at radius 2 is 2.11 bits per heavy atom. The molecule has 2 saturated heterocycles. The van der Waals surface area contributed by atoms with E-state index in [9.17, 15) is 9.18 Å². The number of thiophene rings is 1. The molecule has 2 aromatic heterocycles. The van der Waals surface area contributed by atoms with Crippen molar-refractivity contribution in [2.24, 2.45) is 0 Å². The predicted molar refractivity (Wildman–Crippen MR) is 98.4 cm³/mol. The van der Waals surface area contributed by atoms with Crippen LogP contribution in [-0.4, -0.2) is 50.9 Å². The Balaban J connectivity index is 1.54. The van der Waals surface area contributed by atoms with Gasteiger partial charge in [0.25, 0.3) is 5.91 Å². The predicted octanol–water partition coefficient (Wildman–Crippen LogP) is 3.14. The molecule has 2 fully saturated rings. The second-order valence-corrected chi connectivity index (χ2v) is 7.70. The molecule has 138 valence electrons. The van der Waals surface area contributed by atoms with Gasteiger partial charge in [0.1, 0.15) is 5.82 Å². The molecule has 2 atom stereocenters. The molecule has 2 bridgehead atoms. The minimum Gasteiger partial charge on any atom is -0.376 e. The zero-order valence-electron chi connectivity index (χ0n) is 14.4. The van der Waals surface area contributed by atoms with Crippen molar-refractivity contribution < 1.29 is 13.9 Å². The minimum absolute atomic E-state index is 0.0965. The number of hydrogen-bond donors (Lipinski definition) is 0. The van der Waals surface area contributed by atoms with E-state index < -0.39 is 0 Å². The molecule has 1 aromatic carbocycles. The van der Waals surface area contributed by atoms with E-state index in [2.05, 4.69) is 10.1 Å². The number of halogens is 1. The first-order chi connectivity index (χ1) is 13.2. The van der Waals surface area contributed by atoms with Gasteiger partial charge in [0.2, 0.25) is 5.82 Å². The van der Waals surface area contributed by atoms with Crippen molar-refractivity contribution in [3.05, 3.63) is 53.4 Å². The van der Waals surface area contributed by atoms with Gasteiger partial charge in [-0.15, -0.1) is 16.4 Å². The van der Waals surface area contributed by atoms with E-state index in [0.717, 1.165) is 17.7 Å². The molecule has 0 N–H and O–H groups in total. The molecule has 2 aliphatic heterocycles. The molecule has 8 heteroatoms. The normalized spacial score (nSPS) is 21.6. The summed E-state index contributed by atoms with van der Waals surface area (Å²) >= 11 is 1.52. The molecule has 0 radical (unpaired) electrons. The lowest BCUT2D eigenvalue weighted by Crippen LogP contribution is -2.44. The third kappa shape index (κ3) is 2.94. The first-order valence-electron chi connectivity index (χ1n) is 8.88. The van der Waals surface area contributed by atoms with E-state index in [1.54, 1.807) is 16.8 Å². The lowest BCUT2D eigenvalue weighted by Gasteiger charge is -2.30. The molecular formula is C19H17FN4O2S. The molecule has 5 rings (SSSR count). The van der Waals surface area contributed by atoms with Crippen molar-refractivity contribution in [3.63, 3.8) is 0 Å². The van der Waals surface area contributed by atoms with Crippen LogP contribution >= 0.6 is 11.3 Å². The third-order valence-corrected chi connectivity index (χ3v) is 5.93. The van der Waals surface area contributed by atoms with Crippen LogP contribution in [0.4, 0.5) is 4.39 Å². The second kappa shape index (κ2) is 6.54. The van der Waals surface area contributed by atoms with Gasteiger partial charge in [-0.05, 0) is 48.6 Å². The highest BCUT2D eigenvalue weighted by Crippen LogP contribution is 2.30. The number of aromatic nitrogens is 3. The van der Waals surface area contributed by atoms with Crippen LogP contribution < -0.4 is 0 Å². The smallest absolute Gasteiger partial charge is 0.293 e. The zero-order chi connectivity index (χ0) is 18.4. The summed E-state index contributed by atoms with van der Waals surface area (Å²) in [5.41, 5.74) is 0.661. The number of amides is 1. The van der Waals surface area contributed by atoms with E-state index in [1.165, 1.54) is 23.5 Å². The number of hydrogen-bond acceptors (Lipinski definition) is 5. The van der Waals surface area contributed by atoms with Crippen LogP contribution in [0, 0.1) is 5.82 Å². The Morgan fingerprint density at radius 3 is 2.89 bits per heavy atom. The summed E-state index contributed by atoms with van der Waals surface area (Å²) in [7, 11) is 0. The number of piperidine rings is 1. The molecule has 2 unspecified atom stereocenters. The summed E-state index contributed by atoms with van der Waals surface area (Å²) in [6.07, 6.45) is 1.99. The minimum atomic E-state index is -0.322. The summed E-state index contributed by atoms with van der Waals surface area (Å²) < 4.78 is 20.6. The lowest BCUT2D eigenvalue weighted by molar-refractivity contribution is 0.0642. The number of fused-ring (bicyclic) bond motifs is 2. The topological polar surface area (TPSA) is 60.2 Å². The van der Waals surface area contributed by atoms with E-state index in [4.69, 9.17) is 4.74 Å². The van der Waals surface area contributed by atoms with Gasteiger partial charge in [-0.1, -0.05) is 6.07 Å². The van der Waals surface area contributed by atoms with Gasteiger partial charge < -0.3 is 9.64 Å². The third-order valence-electron chi connectivity index (χ3n) is 5.06. The fraction of sp³-hybridized carbons (Fsp3) is 0.316. The van der Waals surface area contributed by atoms with Gasteiger partial charge in [-0.3, -0.25) is 4.79 Å². The van der Waals surface area contributed by atoms with Gasteiger partial charge in [0.05, 0.1) is 29.3 Å². The van der Waals surface area contributed by atoms with Crippen LogP contribution in [0.5, 0.6) is 0 Å². The van der Waals surface area contributed by atoms with Gasteiger partial charge in [0, 0.05) is 6.54 Å². The van der Waals surface area contributed by atoms with Crippen LogP contribution in [0.3, 0.4) is 0 Å². The van der Waals surface area contributed by atoms with Crippen molar-refractivity contribution in [1.29, 1.82) is 0 Å². The molecule has 0 saturated carbocycles. The SMILES string of the molecule is O=C(c1nc(-c2cccs2)n(-c2ccc(F)cc2)n1)N1CCC2CC1CO2. The Kier molecular flexibility index (Phi) is 4.02. The summed E-state index contributed by atoms with van der Waals surface area (Å²) in [5, 5.41) is 6.43. The van der Waals surface area contributed by atoms with Gasteiger partial charge in [0.15, 0.2) is 5.82 Å². The molecule has 0 spiro atoms. The highest BCUT2D eigenvalue weighted by atomic mass is 32.1. The molecule has 2 aliphatic rings. The molecular weight excluding hydrogens is 367 g/mol. The van der Waals surface area contributed by atoms with Crippen molar-refractivity contribution in [3.8, 4) is 16.4 Å². The van der Waals surface area contributed by atoms with Crippen LogP contribution in [0.2, 0.25) is 0 Å². The quantitative estimate of drug-likeness (QED) is 0.696. The number of likely N-dealkylation sites (tertiary alicyclic amines) is 1. The summed E-state index contributed by atoms with van der Waals surface area (Å²) in [4.78, 5) is 20.4. The fourth-order valence-electron chi connectivity index (χ4n) is 3.70. The van der Waals surface area contributed by atoms with Crippen molar-refractivity contribution in [2.45, 2.75) is 25.0 Å².